The number of rotatable bonds is 3. The molecule has 0 aliphatic carbocycles. The van der Waals surface area contributed by atoms with Gasteiger partial charge in [-0.25, -0.2) is 0 Å². The molecule has 20 heavy (non-hydrogen) atoms. The Morgan fingerprint density at radius 1 is 1.45 bits per heavy atom. The molecule has 0 atom stereocenters. The van der Waals surface area contributed by atoms with E-state index in [4.69, 9.17) is 11.6 Å². The smallest absolute Gasteiger partial charge is 0.255 e. The highest BCUT2D eigenvalue weighted by molar-refractivity contribution is 6.29. The zero-order valence-electron chi connectivity index (χ0n) is 11.2. The fraction of sp³-hybridized carbons (Fsp3) is 0.500. The largest absolute Gasteiger partial charge is 0.350 e. The first-order chi connectivity index (χ1) is 9.65. The van der Waals surface area contributed by atoms with Crippen LogP contribution in [0.25, 0.3) is 5.78 Å². The Hall–Kier alpha value is -1.89. The van der Waals surface area contributed by atoms with Crippen molar-refractivity contribution in [2.75, 3.05) is 31.6 Å². The van der Waals surface area contributed by atoms with Gasteiger partial charge in [-0.15, -0.1) is 0 Å². The Bertz CT molecular complexity index is 636. The van der Waals surface area contributed by atoms with E-state index in [1.165, 1.54) is 6.33 Å². The molecule has 3 rings (SSSR count). The number of likely N-dealkylation sites (tertiary alicyclic amines) is 1. The van der Waals surface area contributed by atoms with Crippen LogP contribution < -0.4 is 4.90 Å². The quantitative estimate of drug-likeness (QED) is 0.785. The van der Waals surface area contributed by atoms with E-state index in [0.29, 0.717) is 16.7 Å². The third-order valence-corrected chi connectivity index (χ3v) is 3.62. The van der Waals surface area contributed by atoms with E-state index in [1.807, 2.05) is 16.8 Å². The van der Waals surface area contributed by atoms with Gasteiger partial charge in [0, 0.05) is 26.2 Å². The number of hydrogen-bond acceptors (Lipinski definition) is 5. The zero-order chi connectivity index (χ0) is 14.1. The van der Waals surface area contributed by atoms with E-state index in [-0.39, 0.29) is 12.5 Å². The summed E-state index contributed by atoms with van der Waals surface area (Å²) in [6, 6.07) is 1.68. The summed E-state index contributed by atoms with van der Waals surface area (Å²) in [6.45, 7) is 1.99. The van der Waals surface area contributed by atoms with Crippen LogP contribution in [0.15, 0.2) is 12.4 Å². The fourth-order valence-electron chi connectivity index (χ4n) is 2.39. The minimum absolute atomic E-state index is 0.117. The summed E-state index contributed by atoms with van der Waals surface area (Å²) in [5, 5.41) is 4.44. The number of fused-ring (bicyclic) bond motifs is 1. The molecular weight excluding hydrogens is 280 g/mol. The molecule has 3 heterocycles. The summed E-state index contributed by atoms with van der Waals surface area (Å²) in [7, 11) is 1.83. The fourth-order valence-corrected chi connectivity index (χ4v) is 2.56. The van der Waals surface area contributed by atoms with Crippen molar-refractivity contribution in [1.29, 1.82) is 0 Å². The lowest BCUT2D eigenvalue weighted by molar-refractivity contribution is -0.128. The second kappa shape index (κ2) is 5.24. The average Bonchev–Trinajstić information content (AvgIpc) is 3.08. The molecule has 0 bridgehead atoms. The Balaban J connectivity index is 1.82. The van der Waals surface area contributed by atoms with E-state index < -0.39 is 0 Å². The molecule has 1 saturated heterocycles. The lowest BCUT2D eigenvalue weighted by Gasteiger charge is -2.22. The zero-order valence-corrected chi connectivity index (χ0v) is 11.9. The molecule has 2 aromatic rings. The van der Waals surface area contributed by atoms with E-state index >= 15 is 0 Å². The molecule has 7 nitrogen and oxygen atoms in total. The third-order valence-electron chi connectivity index (χ3n) is 3.42. The maximum atomic E-state index is 12.2. The number of halogens is 1. The number of likely N-dealkylation sites (N-methyl/N-ethyl adjacent to an activating group) is 1. The van der Waals surface area contributed by atoms with E-state index in [9.17, 15) is 4.79 Å². The lowest BCUT2D eigenvalue weighted by Crippen LogP contribution is -2.37. The van der Waals surface area contributed by atoms with Crippen LogP contribution in [-0.2, 0) is 4.79 Å². The minimum atomic E-state index is 0.117. The van der Waals surface area contributed by atoms with Gasteiger partial charge < -0.3 is 9.80 Å². The first-order valence-electron chi connectivity index (χ1n) is 6.50. The van der Waals surface area contributed by atoms with Crippen molar-refractivity contribution in [3.63, 3.8) is 0 Å². The van der Waals surface area contributed by atoms with Crippen LogP contribution in [0.3, 0.4) is 0 Å². The number of carbonyl (C=O) groups excluding carboxylic acids is 1. The first-order valence-corrected chi connectivity index (χ1v) is 6.88. The highest BCUT2D eigenvalue weighted by Gasteiger charge is 2.20. The highest BCUT2D eigenvalue weighted by Crippen LogP contribution is 2.18. The number of carbonyl (C=O) groups is 1. The Morgan fingerprint density at radius 3 is 2.95 bits per heavy atom. The molecule has 0 spiro atoms. The second-order valence-electron chi connectivity index (χ2n) is 4.85. The molecule has 0 aromatic carbocycles. The molecule has 1 aliphatic heterocycles. The van der Waals surface area contributed by atoms with Crippen LogP contribution in [-0.4, -0.2) is 57.1 Å². The van der Waals surface area contributed by atoms with Crippen molar-refractivity contribution in [3.8, 4) is 0 Å². The van der Waals surface area contributed by atoms with Gasteiger partial charge in [0.05, 0.1) is 6.54 Å². The number of nitrogens with zero attached hydrogens (tertiary/aromatic N) is 6. The van der Waals surface area contributed by atoms with Crippen molar-refractivity contribution in [2.45, 2.75) is 12.8 Å². The van der Waals surface area contributed by atoms with Crippen molar-refractivity contribution in [1.82, 2.24) is 24.5 Å². The molecule has 0 N–H and O–H groups in total. The summed E-state index contributed by atoms with van der Waals surface area (Å²) in [6.07, 6.45) is 3.59. The summed E-state index contributed by atoms with van der Waals surface area (Å²) in [5.74, 6) is 1.24. The van der Waals surface area contributed by atoms with Crippen LogP contribution in [0.2, 0.25) is 5.15 Å². The van der Waals surface area contributed by atoms with Gasteiger partial charge in [-0.1, -0.05) is 11.6 Å². The third kappa shape index (κ3) is 2.40. The maximum absolute atomic E-state index is 12.2. The maximum Gasteiger partial charge on any atom is 0.255 e. The van der Waals surface area contributed by atoms with Gasteiger partial charge in [-0.2, -0.15) is 19.6 Å². The second-order valence-corrected chi connectivity index (χ2v) is 5.24. The van der Waals surface area contributed by atoms with Crippen molar-refractivity contribution < 1.29 is 4.79 Å². The standard InChI is InChI=1S/C12H15ClN6O/c1-17(7-11(20)18-4-2-3-5-18)10-6-9(13)16-12-14-8-15-19(10)12/h6,8H,2-5,7H2,1H3. The molecule has 1 fully saturated rings. The van der Waals surface area contributed by atoms with Crippen LogP contribution >= 0.6 is 11.6 Å². The molecule has 0 unspecified atom stereocenters. The monoisotopic (exact) mass is 294 g/mol. The minimum Gasteiger partial charge on any atom is -0.350 e. The highest BCUT2D eigenvalue weighted by atomic mass is 35.5. The van der Waals surface area contributed by atoms with Crippen molar-refractivity contribution >= 4 is 29.1 Å². The molecule has 1 aliphatic rings. The van der Waals surface area contributed by atoms with Gasteiger partial charge in [-0.05, 0) is 12.8 Å². The van der Waals surface area contributed by atoms with Crippen LogP contribution in [0.4, 0.5) is 5.82 Å². The Labute approximate surface area is 121 Å². The van der Waals surface area contributed by atoms with Crippen molar-refractivity contribution in [2.24, 2.45) is 0 Å². The summed E-state index contributed by atoms with van der Waals surface area (Å²) in [4.78, 5) is 24.0. The van der Waals surface area contributed by atoms with Crippen molar-refractivity contribution in [3.05, 3.63) is 17.5 Å². The number of amides is 1. The predicted octanol–water partition coefficient (Wildman–Crippen LogP) is 0.836. The first kappa shape index (κ1) is 13.1. The van der Waals surface area contributed by atoms with Gasteiger partial charge in [-0.3, -0.25) is 4.79 Å². The molecular formula is C12H15ClN6O. The van der Waals surface area contributed by atoms with Gasteiger partial charge >= 0.3 is 0 Å². The van der Waals surface area contributed by atoms with E-state index in [1.54, 1.807) is 10.6 Å². The van der Waals surface area contributed by atoms with Gasteiger partial charge in [0.25, 0.3) is 5.78 Å². The SMILES string of the molecule is CN(CC(=O)N1CCCC1)c1cc(Cl)nc2ncnn12. The number of hydrogen-bond donors (Lipinski definition) is 0. The van der Waals surface area contributed by atoms with Gasteiger partial charge in [0.15, 0.2) is 0 Å². The topological polar surface area (TPSA) is 66.6 Å². The van der Waals surface area contributed by atoms with Crippen LogP contribution in [0.1, 0.15) is 12.8 Å². The van der Waals surface area contributed by atoms with Crippen LogP contribution in [0, 0.1) is 0 Å². The summed E-state index contributed by atoms with van der Waals surface area (Å²) < 4.78 is 1.57. The predicted molar refractivity (Wildman–Crippen MR) is 74.9 cm³/mol. The molecule has 1 amide bonds. The average molecular weight is 295 g/mol. The number of anilines is 1. The summed E-state index contributed by atoms with van der Waals surface area (Å²) in [5.41, 5.74) is 0. The van der Waals surface area contributed by atoms with Gasteiger partial charge in [0.1, 0.15) is 17.3 Å². The Morgan fingerprint density at radius 2 is 2.20 bits per heavy atom. The normalized spacial score (nSPS) is 15.0. The van der Waals surface area contributed by atoms with Crippen LogP contribution in [0.5, 0.6) is 0 Å². The molecule has 0 saturated carbocycles. The van der Waals surface area contributed by atoms with E-state index in [0.717, 1.165) is 25.9 Å². The molecule has 0 radical (unpaired) electrons. The summed E-state index contributed by atoms with van der Waals surface area (Å²) >= 11 is 5.97. The Kier molecular flexibility index (Phi) is 3.43. The number of aromatic nitrogens is 4. The molecule has 106 valence electrons. The van der Waals surface area contributed by atoms with E-state index in [2.05, 4.69) is 15.1 Å². The van der Waals surface area contributed by atoms with Gasteiger partial charge in [0.2, 0.25) is 5.91 Å². The lowest BCUT2D eigenvalue weighted by atomic mass is 10.4. The molecule has 8 heteroatoms. The molecule has 2 aromatic heterocycles.